The molecule has 1 atom stereocenters. The van der Waals surface area contributed by atoms with E-state index in [-0.39, 0.29) is 6.04 Å². The van der Waals surface area contributed by atoms with Gasteiger partial charge in [-0.05, 0) is 24.1 Å². The molecule has 5 heteroatoms. The van der Waals surface area contributed by atoms with Gasteiger partial charge in [-0.15, -0.1) is 0 Å². The van der Waals surface area contributed by atoms with E-state index in [4.69, 9.17) is 0 Å². The normalized spacial score (nSPS) is 18.6. The molecule has 0 spiro atoms. The van der Waals surface area contributed by atoms with Crippen LogP contribution in [0.4, 0.5) is 14.6 Å². The number of fused-ring (bicyclic) bond motifs is 1. The zero-order chi connectivity index (χ0) is 11.8. The maximum Gasteiger partial charge on any atom is 0.126 e. The van der Waals surface area contributed by atoms with Crippen molar-refractivity contribution < 1.29 is 8.78 Å². The minimum Gasteiger partial charge on any atom is -0.370 e. The molecular weight excluding hydrogens is 224 g/mol. The van der Waals surface area contributed by atoms with Gasteiger partial charge in [0.15, 0.2) is 0 Å². The molecule has 0 saturated heterocycles. The summed E-state index contributed by atoms with van der Waals surface area (Å²) >= 11 is 0. The van der Waals surface area contributed by atoms with Gasteiger partial charge in [0.2, 0.25) is 0 Å². The Kier molecular flexibility index (Phi) is 2.31. The number of benzene rings is 1. The second-order valence-corrected chi connectivity index (χ2v) is 4.10. The topological polar surface area (TPSA) is 29.9 Å². The third-order valence-electron chi connectivity index (χ3n) is 2.96. The summed E-state index contributed by atoms with van der Waals surface area (Å²) in [5.41, 5.74) is 0.619. The molecule has 17 heavy (non-hydrogen) atoms. The predicted octanol–water partition coefficient (Wildman–Crippen LogP) is 2.57. The molecule has 0 fully saturated rings. The van der Waals surface area contributed by atoms with Crippen LogP contribution >= 0.6 is 0 Å². The maximum absolute atomic E-state index is 13.2. The van der Waals surface area contributed by atoms with Crippen molar-refractivity contribution >= 4 is 5.82 Å². The van der Waals surface area contributed by atoms with E-state index in [1.54, 1.807) is 10.9 Å². The van der Waals surface area contributed by atoms with Crippen LogP contribution in [0.15, 0.2) is 30.5 Å². The number of nitrogens with one attached hydrogen (secondary N) is 1. The average molecular weight is 235 g/mol. The maximum atomic E-state index is 13.2. The second-order valence-electron chi connectivity index (χ2n) is 4.10. The molecule has 88 valence electrons. The zero-order valence-corrected chi connectivity index (χ0v) is 9.03. The quantitative estimate of drug-likeness (QED) is 0.823. The molecule has 3 rings (SSSR count). The fourth-order valence-electron chi connectivity index (χ4n) is 2.24. The lowest BCUT2D eigenvalue weighted by Crippen LogP contribution is -2.24. The number of anilines is 1. The predicted molar refractivity (Wildman–Crippen MR) is 59.8 cm³/mol. The summed E-state index contributed by atoms with van der Waals surface area (Å²) in [5, 5.41) is 7.37. The summed E-state index contributed by atoms with van der Waals surface area (Å²) in [4.78, 5) is 0. The van der Waals surface area contributed by atoms with Crippen molar-refractivity contribution in [3.05, 3.63) is 47.7 Å². The van der Waals surface area contributed by atoms with E-state index in [1.807, 2.05) is 6.07 Å². The van der Waals surface area contributed by atoms with Crippen molar-refractivity contribution in [2.75, 3.05) is 11.9 Å². The molecule has 2 heterocycles. The highest BCUT2D eigenvalue weighted by atomic mass is 19.1. The lowest BCUT2D eigenvalue weighted by molar-refractivity contribution is 0.474. The van der Waals surface area contributed by atoms with Crippen molar-refractivity contribution in [2.45, 2.75) is 12.5 Å². The molecule has 0 saturated carbocycles. The van der Waals surface area contributed by atoms with E-state index in [2.05, 4.69) is 10.4 Å². The first-order valence-corrected chi connectivity index (χ1v) is 5.47. The fourth-order valence-corrected chi connectivity index (χ4v) is 2.24. The monoisotopic (exact) mass is 235 g/mol. The van der Waals surface area contributed by atoms with Gasteiger partial charge >= 0.3 is 0 Å². The third kappa shape index (κ3) is 1.77. The molecule has 1 aliphatic rings. The van der Waals surface area contributed by atoms with E-state index in [1.165, 1.54) is 12.1 Å². The summed E-state index contributed by atoms with van der Waals surface area (Å²) in [5.74, 6) is -0.217. The molecular formula is C12H11F2N3. The Morgan fingerprint density at radius 1 is 1.24 bits per heavy atom. The van der Waals surface area contributed by atoms with E-state index >= 15 is 0 Å². The second kappa shape index (κ2) is 3.84. The lowest BCUT2D eigenvalue weighted by atomic mass is 10.0. The Morgan fingerprint density at radius 3 is 2.76 bits per heavy atom. The van der Waals surface area contributed by atoms with Crippen molar-refractivity contribution in [1.29, 1.82) is 0 Å². The largest absolute Gasteiger partial charge is 0.370 e. The van der Waals surface area contributed by atoms with Crippen LogP contribution in [-0.4, -0.2) is 16.3 Å². The minimum atomic E-state index is -0.549. The van der Waals surface area contributed by atoms with Crippen molar-refractivity contribution in [3.63, 3.8) is 0 Å². The Bertz CT molecular complexity index is 530. The number of hydrogen-bond donors (Lipinski definition) is 1. The van der Waals surface area contributed by atoms with E-state index in [0.717, 1.165) is 24.8 Å². The number of nitrogens with zero attached hydrogens (tertiary/aromatic N) is 2. The van der Waals surface area contributed by atoms with Crippen LogP contribution in [0.3, 0.4) is 0 Å². The standard InChI is InChI=1S/C12H11F2N3/c13-9-5-8(6-10(14)7-9)11-1-3-15-12-2-4-16-17(11)12/h2,4-7,11,15H,1,3H2. The lowest BCUT2D eigenvalue weighted by Gasteiger charge is -2.26. The van der Waals surface area contributed by atoms with Crippen LogP contribution in [0.1, 0.15) is 18.0 Å². The molecule has 0 aliphatic carbocycles. The number of aromatic nitrogens is 2. The van der Waals surface area contributed by atoms with Crippen LogP contribution in [0.5, 0.6) is 0 Å². The highest BCUT2D eigenvalue weighted by Crippen LogP contribution is 2.29. The van der Waals surface area contributed by atoms with Crippen LogP contribution in [0, 0.1) is 11.6 Å². The first-order chi connectivity index (χ1) is 8.24. The van der Waals surface area contributed by atoms with Crippen LogP contribution in [-0.2, 0) is 0 Å². The van der Waals surface area contributed by atoms with Crippen molar-refractivity contribution in [2.24, 2.45) is 0 Å². The molecule has 0 amide bonds. The highest BCUT2D eigenvalue weighted by Gasteiger charge is 2.22. The van der Waals surface area contributed by atoms with E-state index < -0.39 is 11.6 Å². The Hall–Kier alpha value is -1.91. The fraction of sp³-hybridized carbons (Fsp3) is 0.250. The summed E-state index contributed by atoms with van der Waals surface area (Å²) < 4.78 is 28.2. The first kappa shape index (κ1) is 10.3. The number of halogens is 2. The number of rotatable bonds is 1. The third-order valence-corrected chi connectivity index (χ3v) is 2.96. The zero-order valence-electron chi connectivity index (χ0n) is 9.03. The summed E-state index contributed by atoms with van der Waals surface area (Å²) in [6.45, 7) is 0.772. The van der Waals surface area contributed by atoms with E-state index in [9.17, 15) is 8.78 Å². The van der Waals surface area contributed by atoms with Crippen molar-refractivity contribution in [1.82, 2.24) is 9.78 Å². The molecule has 3 nitrogen and oxygen atoms in total. The van der Waals surface area contributed by atoms with Gasteiger partial charge in [-0.25, -0.2) is 13.5 Å². The summed E-state index contributed by atoms with van der Waals surface area (Å²) in [6.07, 6.45) is 2.44. The Labute approximate surface area is 97.1 Å². The summed E-state index contributed by atoms with van der Waals surface area (Å²) in [6, 6.07) is 5.36. The van der Waals surface area contributed by atoms with Gasteiger partial charge in [0, 0.05) is 18.7 Å². The van der Waals surface area contributed by atoms with Crippen LogP contribution < -0.4 is 5.32 Å². The van der Waals surface area contributed by atoms with Gasteiger partial charge in [-0.1, -0.05) is 0 Å². The molecule has 0 bridgehead atoms. The number of hydrogen-bond acceptors (Lipinski definition) is 2. The first-order valence-electron chi connectivity index (χ1n) is 5.47. The molecule has 1 N–H and O–H groups in total. The van der Waals surface area contributed by atoms with Crippen LogP contribution in [0.25, 0.3) is 0 Å². The molecule has 1 aromatic heterocycles. The Morgan fingerprint density at radius 2 is 2.00 bits per heavy atom. The molecule has 1 aliphatic heterocycles. The molecule has 1 unspecified atom stereocenters. The van der Waals surface area contributed by atoms with Crippen molar-refractivity contribution in [3.8, 4) is 0 Å². The van der Waals surface area contributed by atoms with Gasteiger partial charge < -0.3 is 5.32 Å². The average Bonchev–Trinajstić information content (AvgIpc) is 2.75. The molecule has 0 radical (unpaired) electrons. The van der Waals surface area contributed by atoms with Gasteiger partial charge in [-0.2, -0.15) is 5.10 Å². The SMILES string of the molecule is Fc1cc(F)cc(C2CCNc3ccnn32)c1. The van der Waals surface area contributed by atoms with Gasteiger partial charge in [0.25, 0.3) is 0 Å². The molecule has 1 aromatic carbocycles. The highest BCUT2D eigenvalue weighted by molar-refractivity contribution is 5.38. The van der Waals surface area contributed by atoms with Gasteiger partial charge in [0.05, 0.1) is 12.2 Å². The van der Waals surface area contributed by atoms with Gasteiger partial charge in [-0.3, -0.25) is 0 Å². The van der Waals surface area contributed by atoms with Gasteiger partial charge in [0.1, 0.15) is 17.5 Å². The smallest absolute Gasteiger partial charge is 0.126 e. The Balaban J connectivity index is 2.06. The van der Waals surface area contributed by atoms with Crippen LogP contribution in [0.2, 0.25) is 0 Å². The van der Waals surface area contributed by atoms with E-state index in [0.29, 0.717) is 5.56 Å². The minimum absolute atomic E-state index is 0.105. The molecule has 2 aromatic rings. The summed E-state index contributed by atoms with van der Waals surface area (Å²) in [7, 11) is 0.